The number of hydrogen-bond acceptors (Lipinski definition) is 7. The third kappa shape index (κ3) is 3.36. The van der Waals surface area contributed by atoms with Gasteiger partial charge in [-0.3, -0.25) is 19.7 Å². The molecule has 3 rings (SSSR count). The standard InChI is InChI=1S/C17H13N5O4/c1-11-15(19-18-13-7-9-14(10-8-13)22(25)26)17(24)21(20-11)16(23)12-5-3-2-4-6-12/h2-10,15H,1H3/t15-/m0/s1. The van der Waals surface area contributed by atoms with Gasteiger partial charge in [0.25, 0.3) is 17.5 Å². The van der Waals surface area contributed by atoms with Crippen LogP contribution in [-0.4, -0.2) is 33.5 Å². The van der Waals surface area contributed by atoms with Crippen molar-refractivity contribution in [2.75, 3.05) is 0 Å². The van der Waals surface area contributed by atoms with E-state index >= 15 is 0 Å². The van der Waals surface area contributed by atoms with E-state index < -0.39 is 22.8 Å². The van der Waals surface area contributed by atoms with Crippen molar-refractivity contribution in [2.45, 2.75) is 13.0 Å². The summed E-state index contributed by atoms with van der Waals surface area (Å²) in [5, 5.41) is 23.3. The van der Waals surface area contributed by atoms with E-state index in [1.165, 1.54) is 24.3 Å². The summed E-state index contributed by atoms with van der Waals surface area (Å²) in [4.78, 5) is 34.9. The topological polar surface area (TPSA) is 118 Å². The Morgan fingerprint density at radius 2 is 1.81 bits per heavy atom. The molecule has 0 radical (unpaired) electrons. The Labute approximate surface area is 147 Å². The van der Waals surface area contributed by atoms with E-state index in [4.69, 9.17) is 0 Å². The fourth-order valence-electron chi connectivity index (χ4n) is 2.30. The highest BCUT2D eigenvalue weighted by molar-refractivity contribution is 6.18. The zero-order valence-corrected chi connectivity index (χ0v) is 13.6. The normalized spacial score (nSPS) is 16.8. The Balaban J connectivity index is 1.75. The number of hydrogen-bond donors (Lipinski definition) is 0. The van der Waals surface area contributed by atoms with Crippen molar-refractivity contribution in [1.82, 2.24) is 5.01 Å². The molecule has 1 heterocycles. The van der Waals surface area contributed by atoms with Gasteiger partial charge in [-0.2, -0.15) is 20.3 Å². The van der Waals surface area contributed by atoms with Crippen LogP contribution in [0.3, 0.4) is 0 Å². The van der Waals surface area contributed by atoms with Crippen LogP contribution in [0.4, 0.5) is 11.4 Å². The molecule has 0 N–H and O–H groups in total. The van der Waals surface area contributed by atoms with Crippen molar-refractivity contribution in [2.24, 2.45) is 15.3 Å². The summed E-state index contributed by atoms with van der Waals surface area (Å²) in [6, 6.07) is 12.7. The first-order valence-corrected chi connectivity index (χ1v) is 7.61. The molecule has 0 saturated heterocycles. The van der Waals surface area contributed by atoms with E-state index in [0.717, 1.165) is 5.01 Å². The van der Waals surface area contributed by atoms with Crippen molar-refractivity contribution in [1.29, 1.82) is 0 Å². The molecule has 2 aromatic rings. The second kappa shape index (κ2) is 7.01. The molecule has 0 saturated carbocycles. The predicted octanol–water partition coefficient (Wildman–Crippen LogP) is 3.11. The number of benzene rings is 2. The van der Waals surface area contributed by atoms with Crippen LogP contribution in [0.15, 0.2) is 69.9 Å². The third-order valence-corrected chi connectivity index (χ3v) is 3.66. The predicted molar refractivity (Wildman–Crippen MR) is 92.1 cm³/mol. The Bertz CT molecular complexity index is 922. The smallest absolute Gasteiger partial charge is 0.269 e. The average molecular weight is 351 g/mol. The molecule has 26 heavy (non-hydrogen) atoms. The van der Waals surface area contributed by atoms with Crippen LogP contribution in [0, 0.1) is 10.1 Å². The van der Waals surface area contributed by atoms with E-state index in [1.807, 2.05) is 0 Å². The van der Waals surface area contributed by atoms with Gasteiger partial charge < -0.3 is 0 Å². The van der Waals surface area contributed by atoms with E-state index in [2.05, 4.69) is 15.3 Å². The monoisotopic (exact) mass is 351 g/mol. The van der Waals surface area contributed by atoms with Crippen LogP contribution in [0.5, 0.6) is 0 Å². The molecule has 9 heteroatoms. The largest absolute Gasteiger partial charge is 0.282 e. The molecule has 1 atom stereocenters. The number of nitro groups is 1. The van der Waals surface area contributed by atoms with Gasteiger partial charge >= 0.3 is 0 Å². The van der Waals surface area contributed by atoms with Gasteiger partial charge in [-0.05, 0) is 31.2 Å². The molecule has 0 aliphatic carbocycles. The van der Waals surface area contributed by atoms with Crippen molar-refractivity contribution >= 4 is 28.9 Å². The van der Waals surface area contributed by atoms with Gasteiger partial charge in [-0.1, -0.05) is 18.2 Å². The Morgan fingerprint density at radius 3 is 2.42 bits per heavy atom. The maximum atomic E-state index is 12.4. The SMILES string of the molecule is CC1=NN(C(=O)c2ccccc2)C(=O)[C@H]1N=Nc1ccc([N+](=O)[O-])cc1. The summed E-state index contributed by atoms with van der Waals surface area (Å²) in [7, 11) is 0. The van der Waals surface area contributed by atoms with Gasteiger partial charge in [0.05, 0.1) is 16.3 Å². The van der Waals surface area contributed by atoms with Crippen LogP contribution in [0.1, 0.15) is 17.3 Å². The minimum atomic E-state index is -1.00. The summed E-state index contributed by atoms with van der Waals surface area (Å²) in [5.41, 5.74) is 0.956. The summed E-state index contributed by atoms with van der Waals surface area (Å²) in [6.07, 6.45) is 0. The van der Waals surface area contributed by atoms with Gasteiger partial charge in [0, 0.05) is 17.7 Å². The van der Waals surface area contributed by atoms with Crippen LogP contribution in [0.25, 0.3) is 0 Å². The third-order valence-electron chi connectivity index (χ3n) is 3.66. The molecule has 0 unspecified atom stereocenters. The molecule has 0 aromatic heterocycles. The number of imide groups is 1. The lowest BCUT2D eigenvalue weighted by Crippen LogP contribution is -2.34. The molecule has 9 nitrogen and oxygen atoms in total. The lowest BCUT2D eigenvalue weighted by Gasteiger charge is -2.10. The second-order valence-corrected chi connectivity index (χ2v) is 5.45. The number of carbonyl (C=O) groups is 2. The first kappa shape index (κ1) is 17.1. The van der Waals surface area contributed by atoms with E-state index in [0.29, 0.717) is 17.0 Å². The number of nitro benzene ring substituents is 1. The quantitative estimate of drug-likeness (QED) is 0.364. The van der Waals surface area contributed by atoms with Gasteiger partial charge in [0.15, 0.2) is 6.04 Å². The van der Waals surface area contributed by atoms with Crippen molar-refractivity contribution in [3.8, 4) is 0 Å². The second-order valence-electron chi connectivity index (χ2n) is 5.45. The summed E-state index contributed by atoms with van der Waals surface area (Å²) in [6.45, 7) is 1.58. The molecule has 130 valence electrons. The van der Waals surface area contributed by atoms with Gasteiger partial charge in [0.1, 0.15) is 0 Å². The van der Waals surface area contributed by atoms with Crippen molar-refractivity contribution in [3.63, 3.8) is 0 Å². The first-order valence-electron chi connectivity index (χ1n) is 7.61. The Morgan fingerprint density at radius 1 is 1.15 bits per heavy atom. The Kier molecular flexibility index (Phi) is 4.61. The number of nitrogens with zero attached hydrogens (tertiary/aromatic N) is 5. The molecule has 1 aliphatic heterocycles. The fraction of sp³-hybridized carbons (Fsp3) is 0.118. The van der Waals surface area contributed by atoms with Gasteiger partial charge in [-0.25, -0.2) is 0 Å². The van der Waals surface area contributed by atoms with Crippen LogP contribution in [0.2, 0.25) is 0 Å². The zero-order chi connectivity index (χ0) is 18.7. The lowest BCUT2D eigenvalue weighted by molar-refractivity contribution is -0.384. The van der Waals surface area contributed by atoms with E-state index in [-0.39, 0.29) is 5.69 Å². The highest BCUT2D eigenvalue weighted by Crippen LogP contribution is 2.21. The molecule has 2 aromatic carbocycles. The van der Waals surface area contributed by atoms with E-state index in [1.54, 1.807) is 37.3 Å². The summed E-state index contributed by atoms with van der Waals surface area (Å²) in [5.74, 6) is -1.13. The zero-order valence-electron chi connectivity index (χ0n) is 13.6. The van der Waals surface area contributed by atoms with Gasteiger partial charge in [0.2, 0.25) is 0 Å². The number of carbonyl (C=O) groups excluding carboxylic acids is 2. The highest BCUT2D eigenvalue weighted by Gasteiger charge is 2.37. The molecule has 0 spiro atoms. The molecule has 1 aliphatic rings. The number of azo groups is 1. The molecule has 0 bridgehead atoms. The maximum Gasteiger partial charge on any atom is 0.282 e. The minimum absolute atomic E-state index is 0.0710. The molecular weight excluding hydrogens is 338 g/mol. The van der Waals surface area contributed by atoms with Crippen LogP contribution < -0.4 is 0 Å². The first-order chi connectivity index (χ1) is 12.5. The minimum Gasteiger partial charge on any atom is -0.269 e. The number of hydrazone groups is 1. The molecule has 2 amide bonds. The van der Waals surface area contributed by atoms with Crippen molar-refractivity contribution in [3.05, 3.63) is 70.3 Å². The average Bonchev–Trinajstić information content (AvgIpc) is 2.94. The Hall–Kier alpha value is -3.75. The molecular formula is C17H13N5O4. The van der Waals surface area contributed by atoms with Gasteiger partial charge in [-0.15, -0.1) is 0 Å². The maximum absolute atomic E-state index is 12.4. The summed E-state index contributed by atoms with van der Waals surface area (Å²) < 4.78 is 0. The number of rotatable bonds is 4. The van der Waals surface area contributed by atoms with Crippen LogP contribution >= 0.6 is 0 Å². The highest BCUT2D eigenvalue weighted by atomic mass is 16.6. The van der Waals surface area contributed by atoms with Crippen LogP contribution in [-0.2, 0) is 4.79 Å². The molecule has 0 fully saturated rings. The lowest BCUT2D eigenvalue weighted by atomic mass is 10.2. The van der Waals surface area contributed by atoms with Crippen molar-refractivity contribution < 1.29 is 14.5 Å². The summed E-state index contributed by atoms with van der Waals surface area (Å²) >= 11 is 0. The fourth-order valence-corrected chi connectivity index (χ4v) is 2.30. The van der Waals surface area contributed by atoms with E-state index in [9.17, 15) is 19.7 Å². The number of amides is 2. The number of non-ortho nitro benzene ring substituents is 1.